The largest absolute Gasteiger partial charge is 0.388 e. The van der Waals surface area contributed by atoms with Gasteiger partial charge in [0.25, 0.3) is 0 Å². The molecule has 1 atom stereocenters. The fourth-order valence-electron chi connectivity index (χ4n) is 1.32. The minimum atomic E-state index is -0.545. The minimum Gasteiger partial charge on any atom is -0.388 e. The molecule has 0 aliphatic carbocycles. The van der Waals surface area contributed by atoms with E-state index in [0.29, 0.717) is 19.5 Å². The topological polar surface area (TPSA) is 58.3 Å². The fourth-order valence-corrected chi connectivity index (χ4v) is 1.32. The van der Waals surface area contributed by atoms with E-state index in [4.69, 9.17) is 5.73 Å². The van der Waals surface area contributed by atoms with Gasteiger partial charge < -0.3 is 16.2 Å². The van der Waals surface area contributed by atoms with Crippen LogP contribution in [-0.2, 0) is 0 Å². The SMILES string of the molecule is NCCNCCC(O)c1ccc(F)cc1. The van der Waals surface area contributed by atoms with Gasteiger partial charge >= 0.3 is 0 Å². The first-order valence-corrected chi connectivity index (χ1v) is 5.08. The summed E-state index contributed by atoms with van der Waals surface area (Å²) >= 11 is 0. The first-order chi connectivity index (χ1) is 7.24. The van der Waals surface area contributed by atoms with Gasteiger partial charge in [-0.15, -0.1) is 0 Å². The van der Waals surface area contributed by atoms with E-state index < -0.39 is 6.10 Å². The molecule has 0 saturated heterocycles. The van der Waals surface area contributed by atoms with Gasteiger partial charge in [-0.1, -0.05) is 12.1 Å². The van der Waals surface area contributed by atoms with Crippen molar-refractivity contribution in [3.05, 3.63) is 35.6 Å². The Kier molecular flexibility index (Phi) is 5.25. The molecule has 0 saturated carbocycles. The third-order valence-electron chi connectivity index (χ3n) is 2.17. The molecule has 0 fully saturated rings. The second-order valence-electron chi connectivity index (χ2n) is 3.39. The van der Waals surface area contributed by atoms with E-state index >= 15 is 0 Å². The number of hydrogen-bond donors (Lipinski definition) is 3. The molecule has 0 aliphatic heterocycles. The Morgan fingerprint density at radius 1 is 1.27 bits per heavy atom. The zero-order chi connectivity index (χ0) is 11.1. The summed E-state index contributed by atoms with van der Waals surface area (Å²) in [5.41, 5.74) is 6.05. The Balaban J connectivity index is 2.33. The highest BCUT2D eigenvalue weighted by Gasteiger charge is 2.06. The normalized spacial score (nSPS) is 12.7. The zero-order valence-corrected chi connectivity index (χ0v) is 8.62. The number of halogens is 1. The van der Waals surface area contributed by atoms with E-state index in [2.05, 4.69) is 5.32 Å². The predicted molar refractivity (Wildman–Crippen MR) is 57.9 cm³/mol. The molecule has 4 N–H and O–H groups in total. The lowest BCUT2D eigenvalue weighted by Gasteiger charge is -2.11. The second-order valence-corrected chi connectivity index (χ2v) is 3.39. The van der Waals surface area contributed by atoms with Crippen LogP contribution < -0.4 is 11.1 Å². The Labute approximate surface area is 89.1 Å². The summed E-state index contributed by atoms with van der Waals surface area (Å²) in [6.07, 6.45) is 0.0573. The first-order valence-electron chi connectivity index (χ1n) is 5.08. The lowest BCUT2D eigenvalue weighted by Crippen LogP contribution is -2.24. The predicted octanol–water partition coefficient (Wildman–Crippen LogP) is 0.797. The van der Waals surface area contributed by atoms with Gasteiger partial charge in [-0.3, -0.25) is 0 Å². The van der Waals surface area contributed by atoms with Gasteiger partial charge in [-0.05, 0) is 30.7 Å². The van der Waals surface area contributed by atoms with Crippen molar-refractivity contribution in [3.8, 4) is 0 Å². The molecule has 0 aliphatic rings. The van der Waals surface area contributed by atoms with Crippen molar-refractivity contribution in [1.82, 2.24) is 5.32 Å². The number of hydrogen-bond acceptors (Lipinski definition) is 3. The van der Waals surface area contributed by atoms with Gasteiger partial charge in [0, 0.05) is 13.1 Å². The molecular formula is C11H17FN2O. The van der Waals surface area contributed by atoms with Crippen LogP contribution in [0.25, 0.3) is 0 Å². The quantitative estimate of drug-likeness (QED) is 0.611. The van der Waals surface area contributed by atoms with Crippen molar-refractivity contribution in [1.29, 1.82) is 0 Å². The van der Waals surface area contributed by atoms with E-state index in [1.165, 1.54) is 12.1 Å². The summed E-state index contributed by atoms with van der Waals surface area (Å²) < 4.78 is 12.6. The average Bonchev–Trinajstić information content (AvgIpc) is 2.25. The molecule has 1 rings (SSSR count). The van der Waals surface area contributed by atoms with Crippen molar-refractivity contribution in [2.24, 2.45) is 5.73 Å². The lowest BCUT2D eigenvalue weighted by molar-refractivity contribution is 0.167. The highest BCUT2D eigenvalue weighted by Crippen LogP contribution is 2.15. The smallest absolute Gasteiger partial charge is 0.123 e. The molecule has 1 unspecified atom stereocenters. The van der Waals surface area contributed by atoms with Crippen molar-refractivity contribution in [3.63, 3.8) is 0 Å². The summed E-state index contributed by atoms with van der Waals surface area (Å²) in [5.74, 6) is -0.285. The number of benzene rings is 1. The van der Waals surface area contributed by atoms with Crippen LogP contribution >= 0.6 is 0 Å². The van der Waals surface area contributed by atoms with Gasteiger partial charge in [0.2, 0.25) is 0 Å². The van der Waals surface area contributed by atoms with Crippen molar-refractivity contribution in [2.75, 3.05) is 19.6 Å². The van der Waals surface area contributed by atoms with E-state index in [1.807, 2.05) is 0 Å². The molecule has 0 amide bonds. The molecule has 0 heterocycles. The molecule has 0 radical (unpaired) electrons. The summed E-state index contributed by atoms with van der Waals surface area (Å²) in [6.45, 7) is 2.04. The average molecular weight is 212 g/mol. The van der Waals surface area contributed by atoms with E-state index in [1.54, 1.807) is 12.1 Å². The molecule has 1 aromatic rings. The highest BCUT2D eigenvalue weighted by atomic mass is 19.1. The summed E-state index contributed by atoms with van der Waals surface area (Å²) in [6, 6.07) is 5.91. The molecule has 4 heteroatoms. The van der Waals surface area contributed by atoms with Gasteiger partial charge in [0.15, 0.2) is 0 Å². The van der Waals surface area contributed by atoms with Gasteiger partial charge in [0.1, 0.15) is 5.82 Å². The van der Waals surface area contributed by atoms with Crippen LogP contribution in [0.5, 0.6) is 0 Å². The van der Waals surface area contributed by atoms with E-state index in [-0.39, 0.29) is 5.82 Å². The lowest BCUT2D eigenvalue weighted by atomic mass is 10.1. The number of nitrogens with two attached hydrogens (primary N) is 1. The van der Waals surface area contributed by atoms with Crippen LogP contribution in [0.4, 0.5) is 4.39 Å². The summed E-state index contributed by atoms with van der Waals surface area (Å²) in [4.78, 5) is 0. The Hall–Kier alpha value is -0.970. The van der Waals surface area contributed by atoms with E-state index in [0.717, 1.165) is 12.1 Å². The Morgan fingerprint density at radius 2 is 1.93 bits per heavy atom. The fraction of sp³-hybridized carbons (Fsp3) is 0.455. The number of nitrogens with one attached hydrogen (secondary N) is 1. The van der Waals surface area contributed by atoms with Gasteiger partial charge in [0.05, 0.1) is 6.10 Å². The molecule has 84 valence electrons. The second kappa shape index (κ2) is 6.50. The van der Waals surface area contributed by atoms with Crippen LogP contribution in [0.15, 0.2) is 24.3 Å². The van der Waals surface area contributed by atoms with Crippen LogP contribution in [0.3, 0.4) is 0 Å². The van der Waals surface area contributed by atoms with Gasteiger partial charge in [-0.25, -0.2) is 4.39 Å². The third-order valence-corrected chi connectivity index (χ3v) is 2.17. The maximum atomic E-state index is 12.6. The first kappa shape index (κ1) is 12.1. The van der Waals surface area contributed by atoms with Crippen LogP contribution in [0.1, 0.15) is 18.1 Å². The molecule has 15 heavy (non-hydrogen) atoms. The van der Waals surface area contributed by atoms with Gasteiger partial charge in [-0.2, -0.15) is 0 Å². The molecule has 0 spiro atoms. The molecule has 1 aromatic carbocycles. The third kappa shape index (κ3) is 4.38. The molecule has 0 bridgehead atoms. The van der Waals surface area contributed by atoms with E-state index in [9.17, 15) is 9.50 Å². The molecule has 3 nitrogen and oxygen atoms in total. The standard InChI is InChI=1S/C11H17FN2O/c12-10-3-1-9(2-4-10)11(15)5-7-14-8-6-13/h1-4,11,14-15H,5-8,13H2. The highest BCUT2D eigenvalue weighted by molar-refractivity contribution is 5.18. The Morgan fingerprint density at radius 3 is 2.53 bits per heavy atom. The molecular weight excluding hydrogens is 195 g/mol. The van der Waals surface area contributed by atoms with Crippen molar-refractivity contribution >= 4 is 0 Å². The van der Waals surface area contributed by atoms with Crippen LogP contribution in [0.2, 0.25) is 0 Å². The maximum absolute atomic E-state index is 12.6. The monoisotopic (exact) mass is 212 g/mol. The minimum absolute atomic E-state index is 0.285. The zero-order valence-electron chi connectivity index (χ0n) is 8.62. The van der Waals surface area contributed by atoms with Crippen LogP contribution in [-0.4, -0.2) is 24.7 Å². The number of aliphatic hydroxyl groups is 1. The maximum Gasteiger partial charge on any atom is 0.123 e. The summed E-state index contributed by atoms with van der Waals surface area (Å²) in [7, 11) is 0. The van der Waals surface area contributed by atoms with Crippen LogP contribution in [0, 0.1) is 5.82 Å². The summed E-state index contributed by atoms with van der Waals surface area (Å²) in [5, 5.41) is 12.8. The van der Waals surface area contributed by atoms with Crippen molar-refractivity contribution in [2.45, 2.75) is 12.5 Å². The molecule has 0 aromatic heterocycles. The van der Waals surface area contributed by atoms with Crippen molar-refractivity contribution < 1.29 is 9.50 Å². The number of rotatable bonds is 6. The Bertz CT molecular complexity index is 276. The number of aliphatic hydroxyl groups excluding tert-OH is 1.